The van der Waals surface area contributed by atoms with Crippen LogP contribution < -0.4 is 20.7 Å². The molecule has 3 amide bonds. The van der Waals surface area contributed by atoms with E-state index in [-0.39, 0.29) is 11.6 Å². The highest BCUT2D eigenvalue weighted by atomic mass is 35.5. The van der Waals surface area contributed by atoms with Gasteiger partial charge in [-0.25, -0.2) is 0 Å². The number of hydrogen-bond donors (Lipinski definition) is 3. The van der Waals surface area contributed by atoms with Gasteiger partial charge in [-0.05, 0) is 85.6 Å². The molecule has 4 aromatic rings. The number of aryl methyl sites for hydroxylation is 1. The minimum atomic E-state index is -0.508. The van der Waals surface area contributed by atoms with Gasteiger partial charge in [-0.15, -0.1) is 11.8 Å². The molecule has 0 bridgehead atoms. The molecule has 3 N–H and O–H groups in total. The second kappa shape index (κ2) is 14.4. The maximum Gasteiger partial charge on any atom is 0.272 e. The van der Waals surface area contributed by atoms with Gasteiger partial charge in [-0.3, -0.25) is 14.4 Å². The summed E-state index contributed by atoms with van der Waals surface area (Å²) in [4.78, 5) is 40.0. The van der Waals surface area contributed by atoms with Crippen molar-refractivity contribution >= 4 is 58.5 Å². The molecule has 0 saturated carbocycles. The first-order chi connectivity index (χ1) is 20.2. The zero-order valence-corrected chi connectivity index (χ0v) is 24.9. The fourth-order valence-corrected chi connectivity index (χ4v) is 5.01. The Morgan fingerprint density at radius 3 is 2.40 bits per heavy atom. The van der Waals surface area contributed by atoms with Crippen LogP contribution in [0.15, 0.2) is 108 Å². The molecule has 0 aliphatic heterocycles. The third-order valence-corrected chi connectivity index (χ3v) is 7.49. The van der Waals surface area contributed by atoms with E-state index in [0.717, 1.165) is 10.5 Å². The first-order valence-electron chi connectivity index (χ1n) is 13.1. The zero-order valence-electron chi connectivity index (χ0n) is 23.3. The van der Waals surface area contributed by atoms with E-state index in [1.54, 1.807) is 99.0 Å². The summed E-state index contributed by atoms with van der Waals surface area (Å²) in [7, 11) is 1.56. The van der Waals surface area contributed by atoms with Crippen molar-refractivity contribution in [3.05, 3.63) is 124 Å². The lowest BCUT2D eigenvalue weighted by molar-refractivity contribution is -0.115. The van der Waals surface area contributed by atoms with E-state index in [1.807, 2.05) is 25.1 Å². The third kappa shape index (κ3) is 8.49. The second-order valence-corrected chi connectivity index (χ2v) is 11.2. The summed E-state index contributed by atoms with van der Waals surface area (Å²) >= 11 is 7.44. The van der Waals surface area contributed by atoms with Crippen molar-refractivity contribution in [3.63, 3.8) is 0 Å². The number of halogens is 1. The van der Waals surface area contributed by atoms with Crippen molar-refractivity contribution in [2.24, 2.45) is 0 Å². The predicted molar refractivity (Wildman–Crippen MR) is 170 cm³/mol. The van der Waals surface area contributed by atoms with Crippen LogP contribution in [0, 0.1) is 6.92 Å². The summed E-state index contributed by atoms with van der Waals surface area (Å²) in [5.41, 5.74) is 3.22. The summed E-state index contributed by atoms with van der Waals surface area (Å²) in [6.45, 7) is 3.70. The van der Waals surface area contributed by atoms with Crippen LogP contribution in [0.4, 0.5) is 11.4 Å². The monoisotopic (exact) mass is 599 g/mol. The quantitative estimate of drug-likeness (QED) is 0.132. The molecule has 0 aliphatic rings. The first kappa shape index (κ1) is 30.4. The highest BCUT2D eigenvalue weighted by Gasteiger charge is 2.18. The Hall–Kier alpha value is -4.53. The molecule has 0 aliphatic carbocycles. The van der Waals surface area contributed by atoms with Crippen LogP contribution in [-0.4, -0.2) is 30.1 Å². The molecule has 0 spiro atoms. The molecule has 4 rings (SSSR count). The fraction of sp³-hybridized carbons (Fsp3) is 0.121. The van der Waals surface area contributed by atoms with Gasteiger partial charge >= 0.3 is 0 Å². The van der Waals surface area contributed by atoms with Crippen molar-refractivity contribution < 1.29 is 19.1 Å². The Bertz CT molecular complexity index is 1620. The van der Waals surface area contributed by atoms with Gasteiger partial charge in [0, 0.05) is 26.9 Å². The summed E-state index contributed by atoms with van der Waals surface area (Å²) in [6, 6.07) is 28.3. The molecule has 0 saturated heterocycles. The minimum absolute atomic E-state index is 0.0554. The fourth-order valence-electron chi connectivity index (χ4n) is 3.91. The van der Waals surface area contributed by atoms with E-state index in [0.29, 0.717) is 33.3 Å². The lowest BCUT2D eigenvalue weighted by atomic mass is 10.1. The van der Waals surface area contributed by atoms with Gasteiger partial charge in [0.25, 0.3) is 11.8 Å². The van der Waals surface area contributed by atoms with Crippen LogP contribution in [0.2, 0.25) is 5.02 Å². The number of nitrogens with one attached hydrogen (secondary N) is 3. The molecule has 42 heavy (non-hydrogen) atoms. The van der Waals surface area contributed by atoms with Crippen molar-refractivity contribution in [3.8, 4) is 5.75 Å². The number of methoxy groups -OCH3 is 1. The van der Waals surface area contributed by atoms with Gasteiger partial charge in [0.1, 0.15) is 11.4 Å². The Morgan fingerprint density at radius 1 is 0.881 bits per heavy atom. The highest BCUT2D eigenvalue weighted by molar-refractivity contribution is 8.00. The molecule has 0 fully saturated rings. The Balaban J connectivity index is 1.50. The lowest BCUT2D eigenvalue weighted by Crippen LogP contribution is -2.30. The standard InChI is InChI=1S/C33H30ClN3O4S/c1-21-15-16-25(34)19-29(21)36-31(38)22(2)42-28-14-8-12-26(20-28)35-33(40)30(18-23-9-7-13-27(17-23)41-3)37-32(39)24-10-5-4-6-11-24/h4-20,22H,1-3H3,(H,35,40)(H,36,38)(H,37,39)/b30-18-. The van der Waals surface area contributed by atoms with Crippen LogP contribution in [0.5, 0.6) is 5.75 Å². The van der Waals surface area contributed by atoms with Gasteiger partial charge in [0.15, 0.2) is 0 Å². The van der Waals surface area contributed by atoms with Crippen molar-refractivity contribution in [1.29, 1.82) is 0 Å². The normalized spacial score (nSPS) is 11.8. The van der Waals surface area contributed by atoms with E-state index in [4.69, 9.17) is 16.3 Å². The van der Waals surface area contributed by atoms with Crippen LogP contribution in [0.1, 0.15) is 28.4 Å². The zero-order chi connectivity index (χ0) is 30.1. The van der Waals surface area contributed by atoms with E-state index in [1.165, 1.54) is 11.8 Å². The first-order valence-corrected chi connectivity index (χ1v) is 14.3. The van der Waals surface area contributed by atoms with Crippen LogP contribution in [0.25, 0.3) is 6.08 Å². The van der Waals surface area contributed by atoms with Gasteiger partial charge in [-0.2, -0.15) is 0 Å². The summed E-state index contributed by atoms with van der Waals surface area (Å²) in [5.74, 6) is -0.483. The molecule has 9 heteroatoms. The molecule has 1 atom stereocenters. The number of rotatable bonds is 10. The van der Waals surface area contributed by atoms with Crippen LogP contribution >= 0.6 is 23.4 Å². The van der Waals surface area contributed by atoms with Gasteiger partial charge in [0.2, 0.25) is 5.91 Å². The number of carbonyl (C=O) groups excluding carboxylic acids is 3. The van der Waals surface area contributed by atoms with E-state index in [2.05, 4.69) is 16.0 Å². The van der Waals surface area contributed by atoms with Crippen LogP contribution in [0.3, 0.4) is 0 Å². The SMILES string of the molecule is COc1cccc(/C=C(\NC(=O)c2ccccc2)C(=O)Nc2cccc(SC(C)C(=O)Nc3cc(Cl)ccc3C)c2)c1. The molecule has 214 valence electrons. The van der Waals surface area contributed by atoms with Gasteiger partial charge in [-0.1, -0.05) is 54.1 Å². The molecular formula is C33H30ClN3O4S. The molecule has 0 aromatic heterocycles. The van der Waals surface area contributed by atoms with Crippen molar-refractivity contribution in [2.75, 3.05) is 17.7 Å². The van der Waals surface area contributed by atoms with Gasteiger partial charge < -0.3 is 20.7 Å². The molecule has 0 radical (unpaired) electrons. The highest BCUT2D eigenvalue weighted by Crippen LogP contribution is 2.28. The van der Waals surface area contributed by atoms with E-state index in [9.17, 15) is 14.4 Å². The summed E-state index contributed by atoms with van der Waals surface area (Å²) < 4.78 is 5.29. The van der Waals surface area contributed by atoms with E-state index >= 15 is 0 Å². The number of carbonyl (C=O) groups is 3. The number of hydrogen-bond acceptors (Lipinski definition) is 5. The Labute approximate surface area is 254 Å². The lowest BCUT2D eigenvalue weighted by Gasteiger charge is -2.15. The second-order valence-electron chi connectivity index (χ2n) is 9.35. The maximum atomic E-state index is 13.4. The topological polar surface area (TPSA) is 96.5 Å². The average Bonchev–Trinajstić information content (AvgIpc) is 2.99. The number of amides is 3. The molecule has 1 unspecified atom stereocenters. The molecule has 4 aromatic carbocycles. The molecular weight excluding hydrogens is 570 g/mol. The third-order valence-electron chi connectivity index (χ3n) is 6.17. The molecule has 7 nitrogen and oxygen atoms in total. The van der Waals surface area contributed by atoms with Crippen LogP contribution in [-0.2, 0) is 9.59 Å². The van der Waals surface area contributed by atoms with Gasteiger partial charge in [0.05, 0.1) is 12.4 Å². The summed E-state index contributed by atoms with van der Waals surface area (Å²) in [6.07, 6.45) is 1.58. The smallest absolute Gasteiger partial charge is 0.272 e. The predicted octanol–water partition coefficient (Wildman–Crippen LogP) is 7.19. The maximum absolute atomic E-state index is 13.4. The van der Waals surface area contributed by atoms with Crippen molar-refractivity contribution in [2.45, 2.75) is 24.0 Å². The number of anilines is 2. The van der Waals surface area contributed by atoms with Crippen molar-refractivity contribution in [1.82, 2.24) is 5.32 Å². The number of benzene rings is 4. The largest absolute Gasteiger partial charge is 0.497 e. The van der Waals surface area contributed by atoms with E-state index < -0.39 is 17.1 Å². The molecule has 0 heterocycles. The average molecular weight is 600 g/mol. The minimum Gasteiger partial charge on any atom is -0.497 e. The Morgan fingerprint density at radius 2 is 1.64 bits per heavy atom. The Kier molecular flexibility index (Phi) is 10.4. The summed E-state index contributed by atoms with van der Waals surface area (Å²) in [5, 5.41) is 8.64. The number of thioether (sulfide) groups is 1. The number of ether oxygens (including phenoxy) is 1.